The van der Waals surface area contributed by atoms with Crippen LogP contribution in [0.25, 0.3) is 0 Å². The lowest BCUT2D eigenvalue weighted by atomic mass is 10.2. The van der Waals surface area contributed by atoms with Crippen molar-refractivity contribution in [3.8, 4) is 0 Å². The number of rotatable bonds is 5. The molecule has 2 heterocycles. The van der Waals surface area contributed by atoms with E-state index >= 15 is 0 Å². The van der Waals surface area contributed by atoms with E-state index in [2.05, 4.69) is 22.2 Å². The molecule has 16 heavy (non-hydrogen) atoms. The third-order valence-corrected chi connectivity index (χ3v) is 2.77. The average Bonchev–Trinajstić information content (AvgIpc) is 2.81. The highest BCUT2D eigenvalue weighted by atomic mass is 16.5. The average molecular weight is 221 g/mol. The molecule has 0 amide bonds. The van der Waals surface area contributed by atoms with E-state index in [4.69, 9.17) is 4.74 Å². The number of hydrogen-bond acceptors (Lipinski definition) is 4. The SMILES string of the molecule is CCNCc1cnc(CC2CCCO2)nc1. The maximum atomic E-state index is 5.56. The molecule has 0 radical (unpaired) electrons. The first-order chi connectivity index (χ1) is 7.88. The van der Waals surface area contributed by atoms with Gasteiger partial charge in [-0.05, 0) is 19.4 Å². The first-order valence-electron chi connectivity index (χ1n) is 6.00. The molecule has 1 aromatic heterocycles. The second kappa shape index (κ2) is 5.92. The van der Waals surface area contributed by atoms with Crippen LogP contribution in [0.4, 0.5) is 0 Å². The summed E-state index contributed by atoms with van der Waals surface area (Å²) in [5.74, 6) is 0.896. The number of nitrogens with one attached hydrogen (secondary N) is 1. The number of ether oxygens (including phenoxy) is 1. The zero-order valence-corrected chi connectivity index (χ0v) is 9.78. The lowest BCUT2D eigenvalue weighted by Gasteiger charge is -2.08. The first kappa shape index (κ1) is 11.5. The molecule has 1 unspecified atom stereocenters. The summed E-state index contributed by atoms with van der Waals surface area (Å²) in [5.41, 5.74) is 1.14. The molecule has 1 aliphatic heterocycles. The third kappa shape index (κ3) is 3.25. The summed E-state index contributed by atoms with van der Waals surface area (Å²) in [6.45, 7) is 4.80. The maximum Gasteiger partial charge on any atom is 0.130 e. The molecule has 1 aliphatic rings. The normalized spacial score (nSPS) is 20.2. The highest BCUT2D eigenvalue weighted by Gasteiger charge is 2.16. The van der Waals surface area contributed by atoms with Gasteiger partial charge in [-0.25, -0.2) is 9.97 Å². The molecule has 0 aromatic carbocycles. The van der Waals surface area contributed by atoms with E-state index in [9.17, 15) is 0 Å². The van der Waals surface area contributed by atoms with E-state index in [0.717, 1.165) is 43.9 Å². The van der Waals surface area contributed by atoms with Crippen LogP contribution in [0, 0.1) is 0 Å². The Hall–Kier alpha value is -1.00. The predicted octanol–water partition coefficient (Wildman–Crippen LogP) is 1.31. The lowest BCUT2D eigenvalue weighted by molar-refractivity contribution is 0.110. The molecule has 0 bridgehead atoms. The Morgan fingerprint density at radius 3 is 2.88 bits per heavy atom. The molecule has 1 N–H and O–H groups in total. The van der Waals surface area contributed by atoms with E-state index in [1.807, 2.05) is 12.4 Å². The molecule has 2 rings (SSSR count). The van der Waals surface area contributed by atoms with Gasteiger partial charge in [0.15, 0.2) is 0 Å². The van der Waals surface area contributed by atoms with Crippen molar-refractivity contribution >= 4 is 0 Å². The van der Waals surface area contributed by atoms with Gasteiger partial charge >= 0.3 is 0 Å². The van der Waals surface area contributed by atoms with Gasteiger partial charge in [0.25, 0.3) is 0 Å². The van der Waals surface area contributed by atoms with Crippen LogP contribution in [0.15, 0.2) is 12.4 Å². The fourth-order valence-electron chi connectivity index (χ4n) is 1.86. The molecule has 4 heteroatoms. The Balaban J connectivity index is 1.86. The van der Waals surface area contributed by atoms with E-state index < -0.39 is 0 Å². The van der Waals surface area contributed by atoms with Gasteiger partial charge in [-0.1, -0.05) is 6.92 Å². The van der Waals surface area contributed by atoms with Crippen LogP contribution in [0.3, 0.4) is 0 Å². The minimum absolute atomic E-state index is 0.333. The predicted molar refractivity (Wildman–Crippen MR) is 62.1 cm³/mol. The van der Waals surface area contributed by atoms with Crippen LogP contribution < -0.4 is 5.32 Å². The first-order valence-corrected chi connectivity index (χ1v) is 6.00. The lowest BCUT2D eigenvalue weighted by Crippen LogP contribution is -2.14. The number of nitrogens with zero attached hydrogens (tertiary/aromatic N) is 2. The van der Waals surface area contributed by atoms with Gasteiger partial charge in [-0.3, -0.25) is 0 Å². The zero-order valence-electron chi connectivity index (χ0n) is 9.78. The molecule has 0 saturated carbocycles. The highest BCUT2D eigenvalue weighted by Crippen LogP contribution is 2.15. The van der Waals surface area contributed by atoms with Gasteiger partial charge in [0.1, 0.15) is 5.82 Å². The maximum absolute atomic E-state index is 5.56. The smallest absolute Gasteiger partial charge is 0.130 e. The van der Waals surface area contributed by atoms with Crippen molar-refractivity contribution in [1.82, 2.24) is 15.3 Å². The van der Waals surface area contributed by atoms with Crippen LogP contribution >= 0.6 is 0 Å². The fourth-order valence-corrected chi connectivity index (χ4v) is 1.86. The summed E-state index contributed by atoms with van der Waals surface area (Å²) in [7, 11) is 0. The van der Waals surface area contributed by atoms with Crippen molar-refractivity contribution in [2.24, 2.45) is 0 Å². The summed E-state index contributed by atoms with van der Waals surface area (Å²) < 4.78 is 5.56. The number of aromatic nitrogens is 2. The Kier molecular flexibility index (Phi) is 4.25. The second-order valence-corrected chi connectivity index (χ2v) is 4.13. The van der Waals surface area contributed by atoms with E-state index in [0.29, 0.717) is 6.10 Å². The number of hydrogen-bond donors (Lipinski definition) is 1. The Morgan fingerprint density at radius 1 is 1.44 bits per heavy atom. The Bertz CT molecular complexity index is 307. The van der Waals surface area contributed by atoms with Crippen molar-refractivity contribution in [2.75, 3.05) is 13.2 Å². The minimum Gasteiger partial charge on any atom is -0.378 e. The molecule has 0 aliphatic carbocycles. The topological polar surface area (TPSA) is 47.0 Å². The highest BCUT2D eigenvalue weighted by molar-refractivity contribution is 5.05. The molecule has 1 atom stereocenters. The second-order valence-electron chi connectivity index (χ2n) is 4.13. The van der Waals surface area contributed by atoms with Crippen molar-refractivity contribution in [2.45, 2.75) is 38.8 Å². The van der Waals surface area contributed by atoms with E-state index in [1.165, 1.54) is 6.42 Å². The zero-order chi connectivity index (χ0) is 11.2. The van der Waals surface area contributed by atoms with Gasteiger partial charge in [0, 0.05) is 37.5 Å². The van der Waals surface area contributed by atoms with E-state index in [-0.39, 0.29) is 0 Å². The Labute approximate surface area is 96.4 Å². The molecule has 1 aromatic rings. The quantitative estimate of drug-likeness (QED) is 0.814. The van der Waals surface area contributed by atoms with Gasteiger partial charge in [0.2, 0.25) is 0 Å². The van der Waals surface area contributed by atoms with Crippen molar-refractivity contribution in [3.63, 3.8) is 0 Å². The Morgan fingerprint density at radius 2 is 2.25 bits per heavy atom. The van der Waals surface area contributed by atoms with Crippen LogP contribution in [0.1, 0.15) is 31.2 Å². The molecular formula is C12H19N3O. The van der Waals surface area contributed by atoms with Gasteiger partial charge in [0.05, 0.1) is 6.10 Å². The molecule has 1 saturated heterocycles. The van der Waals surface area contributed by atoms with Crippen LogP contribution in [0.2, 0.25) is 0 Å². The van der Waals surface area contributed by atoms with Crippen LogP contribution in [-0.4, -0.2) is 29.2 Å². The monoisotopic (exact) mass is 221 g/mol. The molecule has 1 fully saturated rings. The van der Waals surface area contributed by atoms with Crippen molar-refractivity contribution in [3.05, 3.63) is 23.8 Å². The molecule has 0 spiro atoms. The van der Waals surface area contributed by atoms with Crippen molar-refractivity contribution in [1.29, 1.82) is 0 Å². The van der Waals surface area contributed by atoms with Crippen molar-refractivity contribution < 1.29 is 4.74 Å². The fraction of sp³-hybridized carbons (Fsp3) is 0.667. The summed E-state index contributed by atoms with van der Waals surface area (Å²) in [6.07, 6.45) is 7.30. The van der Waals surface area contributed by atoms with Gasteiger partial charge in [-0.15, -0.1) is 0 Å². The standard InChI is InChI=1S/C12H19N3O/c1-2-13-7-10-8-14-12(15-9-10)6-11-4-3-5-16-11/h8-9,11,13H,2-7H2,1H3. The summed E-state index contributed by atoms with van der Waals surface area (Å²) >= 11 is 0. The van der Waals surface area contributed by atoms with Gasteiger partial charge in [-0.2, -0.15) is 0 Å². The molecule has 4 nitrogen and oxygen atoms in total. The summed E-state index contributed by atoms with van der Waals surface area (Å²) in [4.78, 5) is 8.73. The third-order valence-electron chi connectivity index (χ3n) is 2.77. The van der Waals surface area contributed by atoms with Gasteiger partial charge < -0.3 is 10.1 Å². The summed E-state index contributed by atoms with van der Waals surface area (Å²) in [5, 5.41) is 3.25. The van der Waals surface area contributed by atoms with Crippen LogP contribution in [0.5, 0.6) is 0 Å². The van der Waals surface area contributed by atoms with E-state index in [1.54, 1.807) is 0 Å². The summed E-state index contributed by atoms with van der Waals surface area (Å²) in [6, 6.07) is 0. The molecule has 88 valence electrons. The largest absolute Gasteiger partial charge is 0.378 e. The van der Waals surface area contributed by atoms with Crippen LogP contribution in [-0.2, 0) is 17.7 Å². The molecular weight excluding hydrogens is 202 g/mol. The minimum atomic E-state index is 0.333.